The van der Waals surface area contributed by atoms with Crippen molar-refractivity contribution in [3.8, 4) is 11.5 Å². The van der Waals surface area contributed by atoms with Gasteiger partial charge in [-0.05, 0) is 48.7 Å². The number of hydrogen-bond donors (Lipinski definition) is 1. The molecule has 1 N–H and O–H groups in total. The van der Waals surface area contributed by atoms with Gasteiger partial charge in [0.05, 0.1) is 39.9 Å². The van der Waals surface area contributed by atoms with Gasteiger partial charge in [0.15, 0.2) is 0 Å². The standard InChI is InChI=1S/C27H34N2O5/c1-5-17-34-22-10-7-9-20(18-22)24-23(25(30)19-11-13-21(14-12-19)33-6-2)26(31)27(32)29(24)16-8-15-28(3)4/h7,9-14,18,24,30H,5-6,8,15-17H2,1-4H3/b25-23+. The monoisotopic (exact) mass is 466 g/mol. The molecule has 0 aliphatic carbocycles. The Hall–Kier alpha value is -3.32. The molecule has 2 aromatic rings. The van der Waals surface area contributed by atoms with Crippen LogP contribution in [0.2, 0.25) is 0 Å². The van der Waals surface area contributed by atoms with Crippen LogP contribution >= 0.6 is 0 Å². The topological polar surface area (TPSA) is 83.3 Å². The summed E-state index contributed by atoms with van der Waals surface area (Å²) in [5, 5.41) is 13.5. The van der Waals surface area contributed by atoms with Crippen LogP contribution in [0.25, 0.3) is 5.76 Å². The lowest BCUT2D eigenvalue weighted by Gasteiger charge is -2.28. The first kappa shape index (κ1) is 25.3. The first-order valence-corrected chi connectivity index (χ1v) is 11.9. The van der Waals surface area contributed by atoms with Gasteiger partial charge in [-0.3, -0.25) is 9.59 Å². The molecule has 0 saturated carbocycles. The van der Waals surface area contributed by atoms with Gasteiger partial charge in [-0.1, -0.05) is 36.9 Å². The molecule has 2 aromatic carbocycles. The van der Waals surface area contributed by atoms with E-state index in [0.717, 1.165) is 13.0 Å². The summed E-state index contributed by atoms with van der Waals surface area (Å²) in [4.78, 5) is 29.0. The molecule has 0 spiro atoms. The largest absolute Gasteiger partial charge is 0.872 e. The van der Waals surface area contributed by atoms with Gasteiger partial charge in [0.25, 0.3) is 5.91 Å². The molecule has 1 fully saturated rings. The fraction of sp³-hybridized carbons (Fsp3) is 0.407. The lowest BCUT2D eigenvalue weighted by Crippen LogP contribution is -3.05. The molecule has 7 heteroatoms. The van der Waals surface area contributed by atoms with Crippen LogP contribution in [0, 0.1) is 0 Å². The maximum Gasteiger partial charge on any atom is 0.295 e. The van der Waals surface area contributed by atoms with E-state index in [0.29, 0.717) is 48.8 Å². The number of rotatable bonds is 11. The summed E-state index contributed by atoms with van der Waals surface area (Å²) < 4.78 is 11.2. The van der Waals surface area contributed by atoms with E-state index in [2.05, 4.69) is 0 Å². The molecular weight excluding hydrogens is 432 g/mol. The molecule has 0 aromatic heterocycles. The Morgan fingerprint density at radius 3 is 2.41 bits per heavy atom. The highest BCUT2D eigenvalue weighted by molar-refractivity contribution is 6.46. The zero-order valence-corrected chi connectivity index (χ0v) is 20.4. The fourth-order valence-corrected chi connectivity index (χ4v) is 4.07. The van der Waals surface area contributed by atoms with Crippen molar-refractivity contribution < 1.29 is 29.1 Å². The quantitative estimate of drug-likeness (QED) is 0.309. The van der Waals surface area contributed by atoms with Crippen molar-refractivity contribution in [2.24, 2.45) is 0 Å². The van der Waals surface area contributed by atoms with E-state index in [1.54, 1.807) is 24.3 Å². The summed E-state index contributed by atoms with van der Waals surface area (Å²) >= 11 is 0. The van der Waals surface area contributed by atoms with E-state index >= 15 is 0 Å². The number of quaternary nitrogens is 1. The molecule has 0 bridgehead atoms. The van der Waals surface area contributed by atoms with Crippen LogP contribution in [0.15, 0.2) is 54.1 Å². The molecule has 1 saturated heterocycles. The normalized spacial score (nSPS) is 17.4. The zero-order valence-electron chi connectivity index (χ0n) is 20.4. The number of nitrogens with zero attached hydrogens (tertiary/aromatic N) is 1. The molecule has 1 aliphatic rings. The van der Waals surface area contributed by atoms with Crippen molar-refractivity contribution in [2.75, 3.05) is 40.4 Å². The third-order valence-electron chi connectivity index (χ3n) is 5.68. The second-order valence-corrected chi connectivity index (χ2v) is 8.66. The summed E-state index contributed by atoms with van der Waals surface area (Å²) in [5.41, 5.74) is 1.03. The van der Waals surface area contributed by atoms with Crippen LogP contribution < -0.4 is 19.5 Å². The fourth-order valence-electron chi connectivity index (χ4n) is 4.07. The van der Waals surface area contributed by atoms with Gasteiger partial charge < -0.3 is 24.4 Å². The Bertz CT molecular complexity index is 1030. The van der Waals surface area contributed by atoms with Gasteiger partial charge in [-0.2, -0.15) is 0 Å². The molecule has 182 valence electrons. The number of ketones is 1. The highest BCUT2D eigenvalue weighted by atomic mass is 16.5. The van der Waals surface area contributed by atoms with Crippen molar-refractivity contribution in [1.82, 2.24) is 4.90 Å². The van der Waals surface area contributed by atoms with E-state index in [1.165, 1.54) is 9.80 Å². The van der Waals surface area contributed by atoms with Crippen LogP contribution in [-0.4, -0.2) is 57.0 Å². The predicted octanol–water partition coefficient (Wildman–Crippen LogP) is 1.63. The van der Waals surface area contributed by atoms with Crippen molar-refractivity contribution in [3.05, 3.63) is 65.2 Å². The van der Waals surface area contributed by atoms with Crippen LogP contribution in [0.4, 0.5) is 0 Å². The number of Topliss-reactive ketones (excluding diaryl/α,β-unsaturated/α-hetero) is 1. The van der Waals surface area contributed by atoms with Gasteiger partial charge in [-0.25, -0.2) is 0 Å². The van der Waals surface area contributed by atoms with Gasteiger partial charge >= 0.3 is 0 Å². The Morgan fingerprint density at radius 1 is 1.03 bits per heavy atom. The Labute approximate surface area is 201 Å². The number of amides is 1. The number of benzene rings is 2. The smallest absolute Gasteiger partial charge is 0.295 e. The summed E-state index contributed by atoms with van der Waals surface area (Å²) in [6.07, 6.45) is 1.58. The predicted molar refractivity (Wildman–Crippen MR) is 129 cm³/mol. The lowest BCUT2D eigenvalue weighted by molar-refractivity contribution is -0.858. The number of carbonyl (C=O) groups is 2. The van der Waals surface area contributed by atoms with Gasteiger partial charge in [-0.15, -0.1) is 0 Å². The number of carbonyl (C=O) groups excluding carboxylic acids is 2. The Balaban J connectivity index is 2.05. The minimum atomic E-state index is -0.749. The van der Waals surface area contributed by atoms with E-state index in [-0.39, 0.29) is 5.57 Å². The van der Waals surface area contributed by atoms with Gasteiger partial charge in [0.1, 0.15) is 11.5 Å². The maximum absolute atomic E-state index is 13.5. The highest BCUT2D eigenvalue weighted by Crippen LogP contribution is 2.39. The molecule has 34 heavy (non-hydrogen) atoms. The van der Waals surface area contributed by atoms with Crippen LogP contribution in [0.3, 0.4) is 0 Å². The number of ether oxygens (including phenoxy) is 2. The van der Waals surface area contributed by atoms with Crippen molar-refractivity contribution in [2.45, 2.75) is 32.7 Å². The summed E-state index contributed by atoms with van der Waals surface area (Å²) in [5.74, 6) is -0.513. The summed E-state index contributed by atoms with van der Waals surface area (Å²) in [6.45, 7) is 6.21. The molecule has 1 unspecified atom stereocenters. The van der Waals surface area contributed by atoms with Crippen molar-refractivity contribution in [1.29, 1.82) is 0 Å². The van der Waals surface area contributed by atoms with E-state index in [1.807, 2.05) is 52.2 Å². The molecule has 1 amide bonds. The van der Waals surface area contributed by atoms with Crippen LogP contribution in [-0.2, 0) is 9.59 Å². The first-order chi connectivity index (χ1) is 16.4. The summed E-state index contributed by atoms with van der Waals surface area (Å²) in [7, 11) is 4.08. The van der Waals surface area contributed by atoms with Crippen molar-refractivity contribution in [3.63, 3.8) is 0 Å². The highest BCUT2D eigenvalue weighted by Gasteiger charge is 2.44. The van der Waals surface area contributed by atoms with E-state index < -0.39 is 23.5 Å². The second kappa shape index (κ2) is 11.7. The van der Waals surface area contributed by atoms with Gasteiger partial charge in [0.2, 0.25) is 5.78 Å². The summed E-state index contributed by atoms with van der Waals surface area (Å²) in [6, 6.07) is 13.2. The van der Waals surface area contributed by atoms with E-state index in [4.69, 9.17) is 9.47 Å². The molecular formula is C27H34N2O5. The zero-order chi connectivity index (χ0) is 24.7. The maximum atomic E-state index is 13.5. The lowest BCUT2D eigenvalue weighted by atomic mass is 9.95. The van der Waals surface area contributed by atoms with Crippen LogP contribution in [0.1, 0.15) is 43.9 Å². The third kappa shape index (κ3) is 5.78. The third-order valence-corrected chi connectivity index (χ3v) is 5.68. The minimum absolute atomic E-state index is 0.0148. The molecule has 1 atom stereocenters. The molecule has 1 heterocycles. The Kier molecular flexibility index (Phi) is 8.71. The molecule has 0 radical (unpaired) electrons. The van der Waals surface area contributed by atoms with Gasteiger partial charge in [0, 0.05) is 18.5 Å². The molecule has 7 nitrogen and oxygen atoms in total. The van der Waals surface area contributed by atoms with Crippen LogP contribution in [0.5, 0.6) is 11.5 Å². The van der Waals surface area contributed by atoms with E-state index in [9.17, 15) is 14.7 Å². The first-order valence-electron chi connectivity index (χ1n) is 11.9. The average Bonchev–Trinajstić information content (AvgIpc) is 3.08. The molecule has 3 rings (SSSR count). The Morgan fingerprint density at radius 2 is 1.76 bits per heavy atom. The number of likely N-dealkylation sites (tertiary alicyclic amines) is 1. The van der Waals surface area contributed by atoms with Crippen molar-refractivity contribution >= 4 is 17.4 Å². The number of nitrogens with one attached hydrogen (secondary N) is 1. The second-order valence-electron chi connectivity index (χ2n) is 8.66. The SMILES string of the molecule is CCCOc1cccc(C2/C(=C(\[O-])c3ccc(OCC)cc3)C(=O)C(=O)N2CCC[NH+](C)C)c1. The number of hydrogen-bond acceptors (Lipinski definition) is 5. The average molecular weight is 467 g/mol. The minimum Gasteiger partial charge on any atom is -0.872 e. The molecule has 1 aliphatic heterocycles.